The monoisotopic (exact) mass is 1180 g/mol. The van der Waals surface area contributed by atoms with Gasteiger partial charge in [0.05, 0.1) is 4.92 Å². The molecule has 6 rings (SSSR count). The molecular formula is C40H35F12NO2P6Rh2. The Bertz CT molecular complexity index is 1850. The van der Waals surface area contributed by atoms with E-state index < -0.39 is 40.3 Å². The largest absolute Gasteiger partial charge is 0.456 e. The van der Waals surface area contributed by atoms with Gasteiger partial charge in [-0.2, -0.15) is 50.4 Å². The molecule has 0 saturated carbocycles. The minimum Gasteiger partial charge on any atom is -0.258 e. The van der Waals surface area contributed by atoms with Crippen LogP contribution in [0.5, 0.6) is 0 Å². The van der Waals surface area contributed by atoms with Gasteiger partial charge in [-0.25, -0.2) is 0 Å². The first-order valence-corrected chi connectivity index (χ1v) is 24.2. The number of rotatable bonds is 5. The van der Waals surface area contributed by atoms with Crippen molar-refractivity contribution in [2.75, 3.05) is 13.3 Å². The topological polar surface area (TPSA) is 43.1 Å². The number of hydrogen-bond acceptors (Lipinski definition) is 2. The molecule has 23 heteroatoms. The Hall–Kier alpha value is -2.73. The van der Waals surface area contributed by atoms with Crippen LogP contribution < -0.4 is 21.2 Å². The van der Waals surface area contributed by atoms with Crippen LogP contribution in [0.25, 0.3) is 0 Å². The van der Waals surface area contributed by atoms with Gasteiger partial charge in [0.15, 0.2) is 0 Å². The minimum atomic E-state index is -4.12. The maximum absolute atomic E-state index is 10.5. The summed E-state index contributed by atoms with van der Waals surface area (Å²) in [5.74, 6) is 5.94. The normalized spacial score (nSPS) is 9.40. The summed E-state index contributed by atoms with van der Waals surface area (Å²) in [6, 6.07) is 58.6. The summed E-state index contributed by atoms with van der Waals surface area (Å²) in [5, 5.41) is 16.2. The second-order valence-electron chi connectivity index (χ2n) is 10.6. The van der Waals surface area contributed by atoms with Gasteiger partial charge < -0.3 is 0 Å². The van der Waals surface area contributed by atoms with Crippen LogP contribution in [0.4, 0.5) is 56.1 Å². The zero-order valence-corrected chi connectivity index (χ0v) is 41.0. The van der Waals surface area contributed by atoms with E-state index in [-0.39, 0.29) is 60.5 Å². The van der Waals surface area contributed by atoms with Crippen molar-refractivity contribution in [3.8, 4) is 11.8 Å². The van der Waals surface area contributed by atoms with Gasteiger partial charge in [-0.15, -0.1) is 0 Å². The molecule has 0 aromatic heterocycles. The molecule has 6 aromatic carbocycles. The Balaban J connectivity index is -0.000000724. The van der Waals surface area contributed by atoms with E-state index in [0.29, 0.717) is 0 Å². The smallest absolute Gasteiger partial charge is 0.258 e. The first-order chi connectivity index (χ1) is 28.9. The molecule has 0 amide bonds. The SMILES string of the molecule is CP(c1ccccc1)c1ccccc1.CP(c1ccccc1)c1ccccc1.FP(F)F.FP(F)F.FP(F)F.FP(F)F.O=[N+]([O-])c1ccc(C#Cc2ccccc2)cc1.[Rh].[Rh]. The van der Waals surface area contributed by atoms with Crippen molar-refractivity contribution < 1.29 is 94.2 Å². The fraction of sp³-hybridized carbons (Fsp3) is 0.0500. The Kier molecular flexibility index (Phi) is 41.8. The van der Waals surface area contributed by atoms with Gasteiger partial charge in [0.2, 0.25) is 0 Å². The first-order valence-electron chi connectivity index (χ1n) is 16.5. The van der Waals surface area contributed by atoms with Crippen molar-refractivity contribution in [2.24, 2.45) is 0 Å². The van der Waals surface area contributed by atoms with Crippen molar-refractivity contribution >= 4 is 78.2 Å². The molecule has 0 atom stereocenters. The molecule has 0 unspecified atom stereocenters. The quantitative estimate of drug-likeness (QED) is 0.0431. The average Bonchev–Trinajstić information content (AvgIpc) is 3.24. The third-order valence-electron chi connectivity index (χ3n) is 6.78. The fourth-order valence-corrected chi connectivity index (χ4v) is 7.31. The van der Waals surface area contributed by atoms with E-state index in [1.54, 1.807) is 12.1 Å². The molecule has 0 saturated heterocycles. The zero-order chi connectivity index (χ0) is 46.0. The van der Waals surface area contributed by atoms with E-state index in [0.717, 1.165) is 11.1 Å². The minimum absolute atomic E-state index is 0. The molecule has 0 fully saturated rings. The van der Waals surface area contributed by atoms with Crippen molar-refractivity contribution in [3.63, 3.8) is 0 Å². The second-order valence-corrected chi connectivity index (χ2v) is 16.5. The second kappa shape index (κ2) is 40.8. The molecule has 3 nitrogen and oxygen atoms in total. The third kappa shape index (κ3) is 37.2. The van der Waals surface area contributed by atoms with Crippen LogP contribution >= 0.6 is 51.3 Å². The first kappa shape index (κ1) is 64.5. The van der Waals surface area contributed by atoms with E-state index in [4.69, 9.17) is 0 Å². The van der Waals surface area contributed by atoms with Gasteiger partial charge in [0.1, 0.15) is 0 Å². The Morgan fingerprint density at radius 1 is 0.365 bits per heavy atom. The van der Waals surface area contributed by atoms with E-state index >= 15 is 0 Å². The summed E-state index contributed by atoms with van der Waals surface area (Å²) < 4.78 is 117. The number of hydrogen-bond donors (Lipinski definition) is 0. The van der Waals surface area contributed by atoms with Gasteiger partial charge in [-0.1, -0.05) is 151 Å². The Morgan fingerprint density at radius 3 is 0.762 bits per heavy atom. The number of benzene rings is 6. The van der Waals surface area contributed by atoms with Crippen molar-refractivity contribution in [2.45, 2.75) is 0 Å². The maximum atomic E-state index is 10.5. The molecule has 0 aliphatic carbocycles. The van der Waals surface area contributed by atoms with Crippen molar-refractivity contribution in [3.05, 3.63) is 197 Å². The molecule has 0 bridgehead atoms. The van der Waals surface area contributed by atoms with Crippen molar-refractivity contribution in [1.82, 2.24) is 0 Å². The summed E-state index contributed by atoms with van der Waals surface area (Å²) >= 11 is 0. The number of nitrogens with zero attached hydrogens (tertiary/aromatic N) is 1. The number of nitro groups is 1. The summed E-state index contributed by atoms with van der Waals surface area (Å²) in [7, 11) is -16.8. The molecule has 344 valence electrons. The van der Waals surface area contributed by atoms with Crippen LogP contribution in [0.15, 0.2) is 176 Å². The van der Waals surface area contributed by atoms with Gasteiger partial charge in [0, 0.05) is 62.2 Å². The van der Waals surface area contributed by atoms with E-state index in [1.165, 1.54) is 33.4 Å². The molecule has 0 aliphatic heterocycles. The van der Waals surface area contributed by atoms with Crippen molar-refractivity contribution in [1.29, 1.82) is 0 Å². The van der Waals surface area contributed by atoms with E-state index in [2.05, 4.69) is 146 Å². The van der Waals surface area contributed by atoms with Crippen LogP contribution in [0, 0.1) is 22.0 Å². The molecule has 0 aliphatic rings. The van der Waals surface area contributed by atoms with Crippen LogP contribution in [-0.2, 0) is 39.0 Å². The van der Waals surface area contributed by atoms with Gasteiger partial charge in [-0.3, -0.25) is 10.1 Å². The molecule has 6 aromatic rings. The Labute approximate surface area is 392 Å². The summed E-state index contributed by atoms with van der Waals surface area (Å²) in [6.07, 6.45) is 0. The molecule has 2 radical (unpaired) electrons. The van der Waals surface area contributed by atoms with Crippen LogP contribution in [-0.4, -0.2) is 18.3 Å². The number of non-ortho nitro benzene ring substituents is 1. The number of halogens is 12. The number of nitro benzene ring substituents is 1. The zero-order valence-electron chi connectivity index (χ0n) is 32.4. The van der Waals surface area contributed by atoms with Crippen LogP contribution in [0.2, 0.25) is 0 Å². The average molecular weight is 1180 g/mol. The molecule has 0 spiro atoms. The third-order valence-corrected chi connectivity index (χ3v) is 11.1. The maximum Gasteiger partial charge on any atom is 0.456 e. The predicted molar refractivity (Wildman–Crippen MR) is 236 cm³/mol. The predicted octanol–water partition coefficient (Wildman–Crippen LogP) is 17.0. The van der Waals surface area contributed by atoms with E-state index in [9.17, 15) is 60.5 Å². The summed E-state index contributed by atoms with van der Waals surface area (Å²) in [6.45, 7) is 4.61. The molecular weight excluding hydrogens is 1150 g/mol. The summed E-state index contributed by atoms with van der Waals surface area (Å²) in [5.41, 5.74) is 1.76. The molecule has 63 heavy (non-hydrogen) atoms. The Morgan fingerprint density at radius 2 is 0.556 bits per heavy atom. The van der Waals surface area contributed by atoms with Gasteiger partial charge in [-0.05, 0) is 74.7 Å². The fourth-order valence-electron chi connectivity index (χ4n) is 4.24. The van der Waals surface area contributed by atoms with Gasteiger partial charge >= 0.3 is 35.4 Å². The van der Waals surface area contributed by atoms with Crippen LogP contribution in [0.1, 0.15) is 11.1 Å². The van der Waals surface area contributed by atoms with Crippen LogP contribution in [0.3, 0.4) is 0 Å². The van der Waals surface area contributed by atoms with Gasteiger partial charge in [0.25, 0.3) is 5.69 Å². The standard InChI is InChI=1S/C14H9NO2.2C13H13P.4F3P.2Rh/c16-15(17)14-10-8-13(9-11-14)7-6-12-4-2-1-3-5-12;2*1-14(12-8-4-2-5-9-12)13-10-6-3-7-11-13;4*1-4(2)3;;/h1-5,8-11H;2*2-11H,1H3;;;;;;. The molecule has 0 N–H and O–H groups in total. The molecule has 0 heterocycles. The van der Waals surface area contributed by atoms with E-state index in [1.807, 2.05) is 30.3 Å². The summed E-state index contributed by atoms with van der Waals surface area (Å²) in [4.78, 5) is 10.0.